The molecule has 3 heterocycles. The summed E-state index contributed by atoms with van der Waals surface area (Å²) in [6.07, 6.45) is 3.16. The van der Waals surface area contributed by atoms with Gasteiger partial charge in [0.2, 0.25) is 27.6 Å². The summed E-state index contributed by atoms with van der Waals surface area (Å²) in [6, 6.07) is 6.33. The summed E-state index contributed by atoms with van der Waals surface area (Å²) < 4.78 is 42.9. The third kappa shape index (κ3) is 3.18. The van der Waals surface area contributed by atoms with Gasteiger partial charge in [0.05, 0.1) is 20.1 Å². The monoisotopic (exact) mass is 403 g/mol. The maximum absolute atomic E-state index is 13.0. The van der Waals surface area contributed by atoms with Crippen LogP contribution in [0.4, 0.5) is 0 Å². The van der Waals surface area contributed by atoms with Crippen molar-refractivity contribution in [2.75, 3.05) is 27.3 Å². The van der Waals surface area contributed by atoms with E-state index in [-0.39, 0.29) is 35.5 Å². The topological polar surface area (TPSA) is 121 Å². The highest BCUT2D eigenvalue weighted by molar-refractivity contribution is 7.89. The minimum Gasteiger partial charge on any atom is -0.497 e. The summed E-state index contributed by atoms with van der Waals surface area (Å²) in [5.41, 5.74) is 0. The van der Waals surface area contributed by atoms with Crippen LogP contribution in [0.15, 0.2) is 46.1 Å². The largest absolute Gasteiger partial charge is 0.497 e. The van der Waals surface area contributed by atoms with Gasteiger partial charge in [0.15, 0.2) is 0 Å². The Morgan fingerprint density at radius 1 is 1.11 bits per heavy atom. The van der Waals surface area contributed by atoms with Gasteiger partial charge >= 0.3 is 0 Å². The SMILES string of the molecule is COc1ccc(OC)c(S(=O)(=O)N2CC(c3nc(-c4ncccn4)no3)C2)c1. The molecule has 1 saturated heterocycles. The van der Waals surface area contributed by atoms with Gasteiger partial charge < -0.3 is 14.0 Å². The molecule has 146 valence electrons. The molecule has 0 radical (unpaired) electrons. The van der Waals surface area contributed by atoms with E-state index < -0.39 is 10.0 Å². The lowest BCUT2D eigenvalue weighted by Crippen LogP contribution is -2.48. The van der Waals surface area contributed by atoms with Crippen molar-refractivity contribution in [3.8, 4) is 23.1 Å². The Kier molecular flexibility index (Phi) is 4.69. The van der Waals surface area contributed by atoms with Crippen LogP contribution in [0.5, 0.6) is 11.5 Å². The molecule has 1 fully saturated rings. The summed E-state index contributed by atoms with van der Waals surface area (Å²) in [5.74, 6) is 1.46. The quantitative estimate of drug-likeness (QED) is 0.600. The average molecular weight is 403 g/mol. The number of benzene rings is 1. The standard InChI is InChI=1S/C17H17N5O5S/c1-25-12-4-5-13(26-2)14(8-12)28(23,24)22-9-11(10-22)17-20-16(21-27-17)15-18-6-3-7-19-15/h3-8,11H,9-10H2,1-2H3. The number of sulfonamides is 1. The molecule has 0 atom stereocenters. The Balaban J connectivity index is 1.52. The third-order valence-electron chi connectivity index (χ3n) is 4.39. The number of nitrogens with zero attached hydrogens (tertiary/aromatic N) is 5. The predicted molar refractivity (Wildman–Crippen MR) is 96.4 cm³/mol. The molecule has 0 saturated carbocycles. The van der Waals surface area contributed by atoms with Crippen LogP contribution >= 0.6 is 0 Å². The second-order valence-electron chi connectivity index (χ2n) is 6.06. The minimum absolute atomic E-state index is 0.0525. The van der Waals surface area contributed by atoms with Crippen LogP contribution in [-0.4, -0.2) is 60.1 Å². The molecular weight excluding hydrogens is 386 g/mol. The number of ether oxygens (including phenoxy) is 2. The third-order valence-corrected chi connectivity index (χ3v) is 6.25. The van der Waals surface area contributed by atoms with E-state index in [9.17, 15) is 8.42 Å². The fourth-order valence-corrected chi connectivity index (χ4v) is 4.52. The van der Waals surface area contributed by atoms with E-state index >= 15 is 0 Å². The van der Waals surface area contributed by atoms with Gasteiger partial charge in [-0.2, -0.15) is 9.29 Å². The molecule has 0 aliphatic carbocycles. The van der Waals surface area contributed by atoms with Gasteiger partial charge in [0.25, 0.3) is 0 Å². The Bertz CT molecular complexity index is 1080. The number of hydrogen-bond acceptors (Lipinski definition) is 9. The maximum atomic E-state index is 13.0. The van der Waals surface area contributed by atoms with E-state index in [0.717, 1.165) is 0 Å². The van der Waals surface area contributed by atoms with Crippen LogP contribution in [0.3, 0.4) is 0 Å². The number of rotatable bonds is 6. The Labute approximate surface area is 161 Å². The van der Waals surface area contributed by atoms with Crippen LogP contribution in [-0.2, 0) is 10.0 Å². The lowest BCUT2D eigenvalue weighted by molar-refractivity contribution is 0.216. The van der Waals surface area contributed by atoms with E-state index in [4.69, 9.17) is 14.0 Å². The molecule has 0 amide bonds. The zero-order chi connectivity index (χ0) is 19.7. The van der Waals surface area contributed by atoms with E-state index in [2.05, 4.69) is 20.1 Å². The van der Waals surface area contributed by atoms with Crippen molar-refractivity contribution in [1.82, 2.24) is 24.4 Å². The van der Waals surface area contributed by atoms with Crippen LogP contribution in [0.25, 0.3) is 11.6 Å². The van der Waals surface area contributed by atoms with E-state index in [1.165, 1.54) is 24.6 Å². The first kappa shape index (κ1) is 18.3. The number of methoxy groups -OCH3 is 2. The normalized spacial score (nSPS) is 15.2. The second kappa shape index (κ2) is 7.17. The summed E-state index contributed by atoms with van der Waals surface area (Å²) in [5, 5.41) is 3.87. The van der Waals surface area contributed by atoms with Gasteiger partial charge in [-0.1, -0.05) is 5.16 Å². The van der Waals surface area contributed by atoms with Gasteiger partial charge in [0.1, 0.15) is 16.4 Å². The van der Waals surface area contributed by atoms with Crippen LogP contribution in [0.2, 0.25) is 0 Å². The summed E-state index contributed by atoms with van der Waals surface area (Å²) >= 11 is 0. The zero-order valence-electron chi connectivity index (χ0n) is 15.1. The number of aromatic nitrogens is 4. The smallest absolute Gasteiger partial charge is 0.246 e. The lowest BCUT2D eigenvalue weighted by Gasteiger charge is -2.36. The molecule has 10 nitrogen and oxygen atoms in total. The molecule has 1 aliphatic rings. The van der Waals surface area contributed by atoms with Crippen LogP contribution in [0.1, 0.15) is 11.8 Å². The molecule has 3 aromatic rings. The molecule has 0 N–H and O–H groups in total. The van der Waals surface area contributed by atoms with Crippen LogP contribution < -0.4 is 9.47 Å². The molecule has 0 unspecified atom stereocenters. The molecular formula is C17H17N5O5S. The van der Waals surface area contributed by atoms with Crippen molar-refractivity contribution >= 4 is 10.0 Å². The predicted octanol–water partition coefficient (Wildman–Crippen LogP) is 1.33. The van der Waals surface area contributed by atoms with Crippen molar-refractivity contribution in [3.63, 3.8) is 0 Å². The van der Waals surface area contributed by atoms with Crippen molar-refractivity contribution in [2.24, 2.45) is 0 Å². The zero-order valence-corrected chi connectivity index (χ0v) is 16.0. The van der Waals surface area contributed by atoms with Crippen molar-refractivity contribution in [1.29, 1.82) is 0 Å². The first-order valence-corrected chi connectivity index (χ1v) is 9.80. The first-order valence-electron chi connectivity index (χ1n) is 8.36. The molecule has 2 aromatic heterocycles. The average Bonchev–Trinajstić information content (AvgIpc) is 3.16. The molecule has 11 heteroatoms. The minimum atomic E-state index is -3.75. The summed E-state index contributed by atoms with van der Waals surface area (Å²) in [6.45, 7) is 0.444. The fourth-order valence-electron chi connectivity index (χ4n) is 2.82. The molecule has 1 aromatic carbocycles. The van der Waals surface area contributed by atoms with Crippen molar-refractivity contribution in [2.45, 2.75) is 10.8 Å². The fraction of sp³-hybridized carbons (Fsp3) is 0.294. The van der Waals surface area contributed by atoms with Crippen molar-refractivity contribution < 1.29 is 22.4 Å². The van der Waals surface area contributed by atoms with Crippen molar-refractivity contribution in [3.05, 3.63) is 42.5 Å². The van der Waals surface area contributed by atoms with Gasteiger partial charge in [-0.15, -0.1) is 0 Å². The van der Waals surface area contributed by atoms with Gasteiger partial charge in [-0.3, -0.25) is 0 Å². The molecule has 0 spiro atoms. The highest BCUT2D eigenvalue weighted by Crippen LogP contribution is 2.36. The van der Waals surface area contributed by atoms with E-state index in [1.54, 1.807) is 30.6 Å². The maximum Gasteiger partial charge on any atom is 0.246 e. The Morgan fingerprint density at radius 3 is 2.54 bits per heavy atom. The summed E-state index contributed by atoms with van der Waals surface area (Å²) in [4.78, 5) is 12.5. The molecule has 0 bridgehead atoms. The second-order valence-corrected chi connectivity index (χ2v) is 7.97. The lowest BCUT2D eigenvalue weighted by atomic mass is 10.0. The number of hydrogen-bond donors (Lipinski definition) is 0. The summed E-state index contributed by atoms with van der Waals surface area (Å²) in [7, 11) is -0.854. The first-order chi connectivity index (χ1) is 13.5. The van der Waals surface area contributed by atoms with E-state index in [0.29, 0.717) is 17.5 Å². The Morgan fingerprint density at radius 2 is 1.86 bits per heavy atom. The highest BCUT2D eigenvalue weighted by Gasteiger charge is 2.41. The van der Waals surface area contributed by atoms with E-state index in [1.807, 2.05) is 0 Å². The molecule has 28 heavy (non-hydrogen) atoms. The van der Waals surface area contributed by atoms with Gasteiger partial charge in [0, 0.05) is 31.5 Å². The molecule has 1 aliphatic heterocycles. The van der Waals surface area contributed by atoms with Gasteiger partial charge in [-0.25, -0.2) is 18.4 Å². The molecule has 4 rings (SSSR count). The van der Waals surface area contributed by atoms with Gasteiger partial charge in [-0.05, 0) is 18.2 Å². The highest BCUT2D eigenvalue weighted by atomic mass is 32.2. The Hall–Kier alpha value is -3.05. The van der Waals surface area contributed by atoms with Crippen LogP contribution in [0, 0.1) is 0 Å².